The second kappa shape index (κ2) is 4.45. The number of anilines is 3. The van der Waals surface area contributed by atoms with Gasteiger partial charge in [-0.3, -0.25) is 0 Å². The fraction of sp³-hybridized carbons (Fsp3) is 0.176. The number of hydrogen-bond acceptors (Lipinski definition) is 4. The number of para-hydroxylation sites is 3. The molecule has 0 spiro atoms. The highest BCUT2D eigenvalue weighted by molar-refractivity contribution is 5.83. The summed E-state index contributed by atoms with van der Waals surface area (Å²) in [5, 5.41) is 0. The normalized spacial score (nSPS) is 17.2. The Morgan fingerprint density at radius 3 is 2.48 bits per heavy atom. The molecule has 0 radical (unpaired) electrons. The fourth-order valence-electron chi connectivity index (χ4n) is 3.07. The standard InChI is InChI=1S/C17H16N4/c1-11-10-12-6-2-5-9-15(12)21(11)17-16(18)19-13-7-3-4-8-14(13)20-17/h2-9,11H,10H2,1H3,(H2,18,19). The van der Waals surface area contributed by atoms with Crippen LogP contribution >= 0.6 is 0 Å². The lowest BCUT2D eigenvalue weighted by Crippen LogP contribution is -2.26. The molecule has 2 N–H and O–H groups in total. The molecule has 4 nitrogen and oxygen atoms in total. The van der Waals surface area contributed by atoms with Crippen molar-refractivity contribution in [3.05, 3.63) is 54.1 Å². The quantitative estimate of drug-likeness (QED) is 0.741. The van der Waals surface area contributed by atoms with E-state index in [4.69, 9.17) is 10.7 Å². The molecule has 1 aliphatic rings. The van der Waals surface area contributed by atoms with E-state index in [-0.39, 0.29) is 0 Å². The summed E-state index contributed by atoms with van der Waals surface area (Å²) in [6.45, 7) is 2.19. The molecule has 2 aromatic carbocycles. The molecule has 4 rings (SSSR count). The van der Waals surface area contributed by atoms with Gasteiger partial charge in [-0.05, 0) is 37.1 Å². The van der Waals surface area contributed by atoms with E-state index in [1.165, 1.54) is 11.3 Å². The Morgan fingerprint density at radius 1 is 1.00 bits per heavy atom. The third kappa shape index (κ3) is 1.83. The van der Waals surface area contributed by atoms with Crippen LogP contribution in [0.15, 0.2) is 48.5 Å². The minimum atomic E-state index is 0.333. The largest absolute Gasteiger partial charge is 0.381 e. The van der Waals surface area contributed by atoms with Gasteiger partial charge in [0.2, 0.25) is 0 Å². The average Bonchev–Trinajstić information content (AvgIpc) is 2.82. The van der Waals surface area contributed by atoms with Crippen molar-refractivity contribution in [2.75, 3.05) is 10.6 Å². The summed E-state index contributed by atoms with van der Waals surface area (Å²) < 4.78 is 0. The van der Waals surface area contributed by atoms with Crippen molar-refractivity contribution >= 4 is 28.4 Å². The van der Waals surface area contributed by atoms with Crippen molar-refractivity contribution in [2.24, 2.45) is 0 Å². The van der Waals surface area contributed by atoms with Crippen LogP contribution in [0.2, 0.25) is 0 Å². The Morgan fingerprint density at radius 2 is 1.67 bits per heavy atom. The molecule has 1 aromatic heterocycles. The summed E-state index contributed by atoms with van der Waals surface area (Å²) in [7, 11) is 0. The highest BCUT2D eigenvalue weighted by Gasteiger charge is 2.29. The van der Waals surface area contributed by atoms with Crippen molar-refractivity contribution in [2.45, 2.75) is 19.4 Å². The molecule has 0 fully saturated rings. The Kier molecular flexibility index (Phi) is 2.57. The first-order chi connectivity index (χ1) is 10.2. The maximum absolute atomic E-state index is 6.17. The summed E-state index contributed by atoms with van der Waals surface area (Å²) in [5.74, 6) is 1.24. The van der Waals surface area contributed by atoms with Crippen molar-refractivity contribution in [1.29, 1.82) is 0 Å². The summed E-state index contributed by atoms with van der Waals surface area (Å²) in [6, 6.07) is 16.6. The van der Waals surface area contributed by atoms with E-state index in [9.17, 15) is 0 Å². The smallest absolute Gasteiger partial charge is 0.176 e. The van der Waals surface area contributed by atoms with Crippen LogP contribution in [0, 0.1) is 0 Å². The van der Waals surface area contributed by atoms with Gasteiger partial charge in [0.25, 0.3) is 0 Å². The summed E-state index contributed by atoms with van der Waals surface area (Å²) in [6.07, 6.45) is 1.00. The molecule has 1 atom stereocenters. The summed E-state index contributed by atoms with van der Waals surface area (Å²) in [4.78, 5) is 11.4. The van der Waals surface area contributed by atoms with E-state index in [0.717, 1.165) is 23.3 Å². The molecule has 0 aliphatic carbocycles. The van der Waals surface area contributed by atoms with E-state index >= 15 is 0 Å². The minimum absolute atomic E-state index is 0.333. The van der Waals surface area contributed by atoms with E-state index in [2.05, 4.69) is 41.1 Å². The molecular weight excluding hydrogens is 260 g/mol. The van der Waals surface area contributed by atoms with Crippen LogP contribution in [0.4, 0.5) is 17.3 Å². The molecule has 0 saturated heterocycles. The van der Waals surface area contributed by atoms with Gasteiger partial charge in [-0.25, -0.2) is 9.97 Å². The molecular formula is C17H16N4. The number of rotatable bonds is 1. The van der Waals surface area contributed by atoms with Crippen molar-refractivity contribution in [3.8, 4) is 0 Å². The first-order valence-corrected chi connectivity index (χ1v) is 7.13. The van der Waals surface area contributed by atoms with Gasteiger partial charge in [-0.2, -0.15) is 0 Å². The average molecular weight is 276 g/mol. The number of nitrogens with two attached hydrogens (primary N) is 1. The minimum Gasteiger partial charge on any atom is -0.381 e. The van der Waals surface area contributed by atoms with E-state index < -0.39 is 0 Å². The van der Waals surface area contributed by atoms with E-state index in [1.807, 2.05) is 24.3 Å². The zero-order chi connectivity index (χ0) is 14.4. The van der Waals surface area contributed by atoms with Gasteiger partial charge in [0.05, 0.1) is 11.0 Å². The number of nitrogens with zero attached hydrogens (tertiary/aromatic N) is 3. The molecule has 0 bridgehead atoms. The second-order valence-electron chi connectivity index (χ2n) is 5.47. The Labute approximate surface area is 123 Å². The molecule has 3 aromatic rings. The number of aromatic nitrogens is 2. The van der Waals surface area contributed by atoms with Gasteiger partial charge in [-0.15, -0.1) is 0 Å². The Balaban J connectivity index is 1.92. The van der Waals surface area contributed by atoms with Gasteiger partial charge >= 0.3 is 0 Å². The number of nitrogen functional groups attached to an aromatic ring is 1. The number of hydrogen-bond donors (Lipinski definition) is 1. The monoisotopic (exact) mass is 276 g/mol. The summed E-state index contributed by atoms with van der Waals surface area (Å²) in [5.41, 5.74) is 10.4. The molecule has 0 saturated carbocycles. The first-order valence-electron chi connectivity index (χ1n) is 7.13. The van der Waals surface area contributed by atoms with Gasteiger partial charge < -0.3 is 10.6 Å². The van der Waals surface area contributed by atoms with Crippen LogP contribution in [0.5, 0.6) is 0 Å². The lowest BCUT2D eigenvalue weighted by molar-refractivity contribution is 0.751. The van der Waals surface area contributed by atoms with Crippen molar-refractivity contribution in [3.63, 3.8) is 0 Å². The van der Waals surface area contributed by atoms with Gasteiger partial charge in [0, 0.05) is 11.7 Å². The van der Waals surface area contributed by atoms with Crippen LogP contribution in [-0.4, -0.2) is 16.0 Å². The lowest BCUT2D eigenvalue weighted by atomic mass is 10.1. The molecule has 104 valence electrons. The molecule has 4 heteroatoms. The van der Waals surface area contributed by atoms with Crippen LogP contribution in [-0.2, 0) is 6.42 Å². The van der Waals surface area contributed by atoms with Gasteiger partial charge in [0.1, 0.15) is 0 Å². The zero-order valence-electron chi connectivity index (χ0n) is 11.8. The number of fused-ring (bicyclic) bond motifs is 2. The van der Waals surface area contributed by atoms with Gasteiger partial charge in [-0.1, -0.05) is 30.3 Å². The fourth-order valence-corrected chi connectivity index (χ4v) is 3.07. The van der Waals surface area contributed by atoms with Gasteiger partial charge in [0.15, 0.2) is 11.6 Å². The Hall–Kier alpha value is -2.62. The Bertz CT molecular complexity index is 828. The van der Waals surface area contributed by atoms with Crippen LogP contribution in [0.3, 0.4) is 0 Å². The predicted molar refractivity (Wildman–Crippen MR) is 85.7 cm³/mol. The lowest BCUT2D eigenvalue weighted by Gasteiger charge is -2.24. The third-order valence-electron chi connectivity index (χ3n) is 4.01. The predicted octanol–water partition coefficient (Wildman–Crippen LogP) is 3.29. The van der Waals surface area contributed by atoms with Crippen LogP contribution < -0.4 is 10.6 Å². The SMILES string of the molecule is CC1Cc2ccccc2N1c1nc2ccccc2nc1N. The molecule has 1 aliphatic heterocycles. The zero-order valence-corrected chi connectivity index (χ0v) is 11.8. The van der Waals surface area contributed by atoms with Crippen molar-refractivity contribution < 1.29 is 0 Å². The topological polar surface area (TPSA) is 55.0 Å². The molecule has 2 heterocycles. The second-order valence-corrected chi connectivity index (χ2v) is 5.47. The number of benzene rings is 2. The van der Waals surface area contributed by atoms with E-state index in [1.54, 1.807) is 0 Å². The first kappa shape index (κ1) is 12.1. The highest BCUT2D eigenvalue weighted by atomic mass is 15.3. The maximum atomic E-state index is 6.17. The van der Waals surface area contributed by atoms with Crippen molar-refractivity contribution in [1.82, 2.24) is 9.97 Å². The molecule has 21 heavy (non-hydrogen) atoms. The van der Waals surface area contributed by atoms with Crippen LogP contribution in [0.25, 0.3) is 11.0 Å². The highest BCUT2D eigenvalue weighted by Crippen LogP contribution is 2.39. The molecule has 0 amide bonds. The van der Waals surface area contributed by atoms with Crippen LogP contribution in [0.1, 0.15) is 12.5 Å². The molecule has 1 unspecified atom stereocenters. The maximum Gasteiger partial charge on any atom is 0.176 e. The van der Waals surface area contributed by atoms with E-state index in [0.29, 0.717) is 11.9 Å². The third-order valence-corrected chi connectivity index (χ3v) is 4.01. The summed E-state index contributed by atoms with van der Waals surface area (Å²) >= 11 is 0.